The molecule has 0 radical (unpaired) electrons. The minimum Gasteiger partial charge on any atom is -0.396 e. The van der Waals surface area contributed by atoms with Gasteiger partial charge in [-0.25, -0.2) is 0 Å². The smallest absolute Gasteiger partial charge is 0.0469 e. The molecular weight excluding hydrogens is 312 g/mol. The second kappa shape index (κ2) is 19.6. The molecular formula is C22H46OS. The summed E-state index contributed by atoms with van der Waals surface area (Å²) < 4.78 is 0. The molecule has 24 heavy (non-hydrogen) atoms. The first-order valence-electron chi connectivity index (χ1n) is 10.9. The number of rotatable bonds is 19. The molecule has 0 aliphatic carbocycles. The van der Waals surface area contributed by atoms with Gasteiger partial charge in [0.05, 0.1) is 0 Å². The van der Waals surface area contributed by atoms with Crippen LogP contribution in [-0.4, -0.2) is 23.2 Å². The largest absolute Gasteiger partial charge is 0.396 e. The summed E-state index contributed by atoms with van der Waals surface area (Å²) in [5.74, 6) is 3.51. The van der Waals surface area contributed by atoms with Crippen LogP contribution >= 0.6 is 11.8 Å². The van der Waals surface area contributed by atoms with Crippen molar-refractivity contribution < 1.29 is 5.11 Å². The first-order valence-corrected chi connectivity index (χ1v) is 12.1. The fraction of sp³-hybridized carbons (Fsp3) is 1.00. The van der Waals surface area contributed by atoms with Crippen LogP contribution in [0.4, 0.5) is 0 Å². The summed E-state index contributed by atoms with van der Waals surface area (Å²) in [6.45, 7) is 7.07. The molecule has 1 atom stereocenters. The lowest BCUT2D eigenvalue weighted by Crippen LogP contribution is -2.16. The van der Waals surface area contributed by atoms with Gasteiger partial charge in [0.15, 0.2) is 0 Å². The molecule has 0 rings (SSSR count). The predicted molar refractivity (Wildman–Crippen MR) is 113 cm³/mol. The van der Waals surface area contributed by atoms with Crippen molar-refractivity contribution >= 4 is 11.8 Å². The van der Waals surface area contributed by atoms with E-state index < -0.39 is 0 Å². The standard InChI is InChI=1S/C22H46OS/c1-4-5-6-7-8-9-10-11-12-13-14-15-16-17-18-24-20-22(19-23)21(2)3/h21-23H,4-20H2,1-3H3. The minimum atomic E-state index is 0.351. The van der Waals surface area contributed by atoms with E-state index in [0.717, 1.165) is 5.75 Å². The molecule has 0 amide bonds. The average Bonchev–Trinajstić information content (AvgIpc) is 2.57. The normalized spacial score (nSPS) is 12.9. The third-order valence-corrected chi connectivity index (χ3v) is 6.39. The molecule has 1 nitrogen and oxygen atoms in total. The summed E-state index contributed by atoms with van der Waals surface area (Å²) in [4.78, 5) is 0. The van der Waals surface area contributed by atoms with Crippen LogP contribution in [0.1, 0.15) is 111 Å². The van der Waals surface area contributed by atoms with Crippen molar-refractivity contribution in [3.05, 3.63) is 0 Å². The SMILES string of the molecule is CCCCCCCCCCCCCCCCSCC(CO)C(C)C. The third kappa shape index (κ3) is 17.1. The van der Waals surface area contributed by atoms with Crippen molar-refractivity contribution in [3.63, 3.8) is 0 Å². The fourth-order valence-corrected chi connectivity index (χ4v) is 4.46. The van der Waals surface area contributed by atoms with Gasteiger partial charge in [0, 0.05) is 6.61 Å². The van der Waals surface area contributed by atoms with E-state index in [1.165, 1.54) is 95.6 Å². The number of hydrogen-bond donors (Lipinski definition) is 1. The predicted octanol–water partition coefficient (Wildman–Crippen LogP) is 7.47. The van der Waals surface area contributed by atoms with Gasteiger partial charge in [-0.05, 0) is 29.8 Å². The van der Waals surface area contributed by atoms with Gasteiger partial charge in [-0.1, -0.05) is 104 Å². The molecule has 0 aliphatic heterocycles. The van der Waals surface area contributed by atoms with E-state index >= 15 is 0 Å². The van der Waals surface area contributed by atoms with Gasteiger partial charge in [-0.3, -0.25) is 0 Å². The lowest BCUT2D eigenvalue weighted by atomic mass is 9.99. The Bertz CT molecular complexity index is 230. The maximum absolute atomic E-state index is 9.31. The molecule has 0 aromatic heterocycles. The summed E-state index contributed by atoms with van der Waals surface area (Å²) in [5.41, 5.74) is 0. The molecule has 0 aliphatic rings. The van der Waals surface area contributed by atoms with E-state index in [-0.39, 0.29) is 0 Å². The van der Waals surface area contributed by atoms with Crippen LogP contribution in [0.15, 0.2) is 0 Å². The summed E-state index contributed by atoms with van der Waals surface area (Å²) in [6.07, 6.45) is 20.1. The molecule has 0 spiro atoms. The summed E-state index contributed by atoms with van der Waals surface area (Å²) in [5, 5.41) is 9.31. The van der Waals surface area contributed by atoms with Gasteiger partial charge >= 0.3 is 0 Å². The highest BCUT2D eigenvalue weighted by molar-refractivity contribution is 7.99. The zero-order chi connectivity index (χ0) is 17.9. The molecule has 1 unspecified atom stereocenters. The van der Waals surface area contributed by atoms with Crippen LogP contribution in [-0.2, 0) is 0 Å². The topological polar surface area (TPSA) is 20.2 Å². The van der Waals surface area contributed by atoms with Crippen LogP contribution in [0.3, 0.4) is 0 Å². The summed E-state index contributed by atoms with van der Waals surface area (Å²) in [7, 11) is 0. The molecule has 0 fully saturated rings. The molecule has 0 saturated carbocycles. The first kappa shape index (κ1) is 24.3. The Balaban J connectivity index is 3.10. The number of aliphatic hydroxyl groups excluding tert-OH is 1. The van der Waals surface area contributed by atoms with Gasteiger partial charge < -0.3 is 5.11 Å². The van der Waals surface area contributed by atoms with Crippen molar-refractivity contribution in [1.82, 2.24) is 0 Å². The number of unbranched alkanes of at least 4 members (excludes halogenated alkanes) is 13. The maximum atomic E-state index is 9.31. The Kier molecular flexibility index (Phi) is 19.9. The molecule has 1 N–H and O–H groups in total. The van der Waals surface area contributed by atoms with E-state index in [4.69, 9.17) is 0 Å². The van der Waals surface area contributed by atoms with Gasteiger partial charge in [0.25, 0.3) is 0 Å². The Morgan fingerprint density at radius 3 is 1.46 bits per heavy atom. The van der Waals surface area contributed by atoms with E-state index in [9.17, 15) is 5.11 Å². The van der Waals surface area contributed by atoms with Crippen molar-refractivity contribution in [2.24, 2.45) is 11.8 Å². The van der Waals surface area contributed by atoms with Gasteiger partial charge in [0.1, 0.15) is 0 Å². The Hall–Kier alpha value is 0.310. The van der Waals surface area contributed by atoms with Crippen LogP contribution in [0.25, 0.3) is 0 Å². The quantitative estimate of drug-likeness (QED) is 0.242. The first-order chi connectivity index (χ1) is 11.7. The van der Waals surface area contributed by atoms with Crippen LogP contribution in [0, 0.1) is 11.8 Å². The van der Waals surface area contributed by atoms with Crippen molar-refractivity contribution in [2.75, 3.05) is 18.1 Å². The number of thioether (sulfide) groups is 1. The molecule has 0 heterocycles. The van der Waals surface area contributed by atoms with Crippen molar-refractivity contribution in [2.45, 2.75) is 111 Å². The Morgan fingerprint density at radius 2 is 1.08 bits per heavy atom. The lowest BCUT2D eigenvalue weighted by Gasteiger charge is -2.17. The number of aliphatic hydroxyl groups is 1. The van der Waals surface area contributed by atoms with Gasteiger partial charge in [-0.15, -0.1) is 0 Å². The van der Waals surface area contributed by atoms with E-state index in [1.54, 1.807) is 0 Å². The number of hydrogen-bond acceptors (Lipinski definition) is 2. The maximum Gasteiger partial charge on any atom is 0.0469 e. The highest BCUT2D eigenvalue weighted by Gasteiger charge is 2.11. The zero-order valence-electron chi connectivity index (χ0n) is 17.0. The second-order valence-electron chi connectivity index (χ2n) is 7.86. The van der Waals surface area contributed by atoms with Crippen LogP contribution in [0.2, 0.25) is 0 Å². The zero-order valence-corrected chi connectivity index (χ0v) is 17.8. The van der Waals surface area contributed by atoms with Crippen LogP contribution in [0.5, 0.6) is 0 Å². The molecule has 0 aromatic carbocycles. The highest BCUT2D eigenvalue weighted by Crippen LogP contribution is 2.18. The summed E-state index contributed by atoms with van der Waals surface area (Å²) in [6, 6.07) is 0. The second-order valence-corrected chi connectivity index (χ2v) is 9.01. The minimum absolute atomic E-state index is 0.351. The average molecular weight is 359 g/mol. The molecule has 146 valence electrons. The van der Waals surface area contributed by atoms with E-state index in [0.29, 0.717) is 18.4 Å². The molecule has 0 bridgehead atoms. The van der Waals surface area contributed by atoms with Crippen molar-refractivity contribution in [3.8, 4) is 0 Å². The molecule has 2 heteroatoms. The fourth-order valence-electron chi connectivity index (χ4n) is 3.09. The van der Waals surface area contributed by atoms with Crippen molar-refractivity contribution in [1.29, 1.82) is 0 Å². The van der Waals surface area contributed by atoms with Crippen LogP contribution < -0.4 is 0 Å². The monoisotopic (exact) mass is 358 g/mol. The van der Waals surface area contributed by atoms with Gasteiger partial charge in [0.2, 0.25) is 0 Å². The Labute approximate surface area is 157 Å². The van der Waals surface area contributed by atoms with Gasteiger partial charge in [-0.2, -0.15) is 11.8 Å². The summed E-state index contributed by atoms with van der Waals surface area (Å²) >= 11 is 2.04. The lowest BCUT2D eigenvalue weighted by molar-refractivity contribution is 0.206. The highest BCUT2D eigenvalue weighted by atomic mass is 32.2. The Morgan fingerprint density at radius 1 is 0.667 bits per heavy atom. The third-order valence-electron chi connectivity index (χ3n) is 5.15. The molecule has 0 saturated heterocycles. The van der Waals surface area contributed by atoms with E-state index in [2.05, 4.69) is 20.8 Å². The van der Waals surface area contributed by atoms with E-state index in [1.807, 2.05) is 11.8 Å². The molecule has 0 aromatic rings.